The molecule has 4 rings (SSSR count). The lowest BCUT2D eigenvalue weighted by molar-refractivity contribution is -0.124. The van der Waals surface area contributed by atoms with Crippen LogP contribution in [0, 0.1) is 12.8 Å². The Kier molecular flexibility index (Phi) is 4.25. The van der Waals surface area contributed by atoms with Gasteiger partial charge in [0.15, 0.2) is 0 Å². The van der Waals surface area contributed by atoms with Crippen LogP contribution >= 0.6 is 11.8 Å². The van der Waals surface area contributed by atoms with Crippen LogP contribution in [0.5, 0.6) is 0 Å². The molecule has 4 nitrogen and oxygen atoms in total. The minimum absolute atomic E-state index is 0.0295. The van der Waals surface area contributed by atoms with E-state index in [1.807, 2.05) is 54.3 Å². The van der Waals surface area contributed by atoms with Gasteiger partial charge in [-0.2, -0.15) is 0 Å². The molecule has 2 aromatic carbocycles. The number of thioether (sulfide) groups is 1. The van der Waals surface area contributed by atoms with Crippen molar-refractivity contribution in [3.8, 4) is 0 Å². The Morgan fingerprint density at radius 2 is 1.88 bits per heavy atom. The third kappa shape index (κ3) is 3.04. The monoisotopic (exact) mass is 352 g/mol. The summed E-state index contributed by atoms with van der Waals surface area (Å²) in [6.45, 7) is 3.19. The van der Waals surface area contributed by atoms with Crippen molar-refractivity contribution in [2.45, 2.75) is 18.2 Å². The zero-order chi connectivity index (χ0) is 17.4. The van der Waals surface area contributed by atoms with Crippen LogP contribution in [0.25, 0.3) is 0 Å². The fraction of sp³-hybridized carbons (Fsp3) is 0.300. The number of anilines is 2. The third-order valence-electron chi connectivity index (χ3n) is 4.81. The van der Waals surface area contributed by atoms with E-state index in [0.29, 0.717) is 19.5 Å². The maximum absolute atomic E-state index is 13.1. The van der Waals surface area contributed by atoms with Gasteiger partial charge in [0.1, 0.15) is 0 Å². The van der Waals surface area contributed by atoms with Gasteiger partial charge >= 0.3 is 0 Å². The molecule has 2 aliphatic heterocycles. The normalized spacial score (nSPS) is 19.9. The summed E-state index contributed by atoms with van der Waals surface area (Å²) in [4.78, 5) is 30.3. The Labute approximate surface area is 151 Å². The first-order chi connectivity index (χ1) is 12.1. The summed E-state index contributed by atoms with van der Waals surface area (Å²) in [5, 5.41) is 0. The van der Waals surface area contributed by atoms with Gasteiger partial charge in [-0.15, -0.1) is 11.8 Å². The first-order valence-electron chi connectivity index (χ1n) is 8.54. The molecule has 0 radical (unpaired) electrons. The van der Waals surface area contributed by atoms with Gasteiger partial charge in [-0.05, 0) is 31.2 Å². The van der Waals surface area contributed by atoms with Gasteiger partial charge in [0, 0.05) is 35.8 Å². The van der Waals surface area contributed by atoms with Crippen molar-refractivity contribution in [3.05, 3.63) is 54.1 Å². The Morgan fingerprint density at radius 3 is 2.68 bits per heavy atom. The van der Waals surface area contributed by atoms with Crippen LogP contribution in [0.3, 0.4) is 0 Å². The molecule has 2 aliphatic rings. The number of carbonyl (C=O) groups is 2. The highest BCUT2D eigenvalue weighted by Crippen LogP contribution is 2.36. The van der Waals surface area contributed by atoms with E-state index in [1.165, 1.54) is 0 Å². The highest BCUT2D eigenvalue weighted by Gasteiger charge is 2.38. The van der Waals surface area contributed by atoms with Gasteiger partial charge in [0.2, 0.25) is 11.8 Å². The molecule has 1 unspecified atom stereocenters. The maximum atomic E-state index is 13.1. The molecule has 25 heavy (non-hydrogen) atoms. The molecule has 5 heteroatoms. The van der Waals surface area contributed by atoms with E-state index in [4.69, 9.17) is 0 Å². The smallest absolute Gasteiger partial charge is 0.232 e. The van der Waals surface area contributed by atoms with Crippen LogP contribution in [0.4, 0.5) is 11.4 Å². The van der Waals surface area contributed by atoms with Crippen molar-refractivity contribution in [2.24, 2.45) is 5.92 Å². The number of nitrogens with zero attached hydrogens (tertiary/aromatic N) is 2. The van der Waals surface area contributed by atoms with E-state index < -0.39 is 0 Å². The SMILES string of the molecule is Cc1ccc(N2CC(C(=O)N3CCSc4ccccc43)CC2=O)cc1. The summed E-state index contributed by atoms with van der Waals surface area (Å²) in [7, 11) is 0. The molecule has 1 fully saturated rings. The Bertz CT molecular complexity index is 819. The second-order valence-electron chi connectivity index (χ2n) is 6.55. The van der Waals surface area contributed by atoms with Crippen molar-refractivity contribution in [1.29, 1.82) is 0 Å². The number of hydrogen-bond donors (Lipinski definition) is 0. The van der Waals surface area contributed by atoms with Crippen LogP contribution in [0.15, 0.2) is 53.4 Å². The van der Waals surface area contributed by atoms with Crippen molar-refractivity contribution < 1.29 is 9.59 Å². The zero-order valence-corrected chi connectivity index (χ0v) is 15.0. The summed E-state index contributed by atoms with van der Waals surface area (Å²) < 4.78 is 0. The number of amides is 2. The summed E-state index contributed by atoms with van der Waals surface area (Å²) in [6, 6.07) is 15.9. The summed E-state index contributed by atoms with van der Waals surface area (Å²) >= 11 is 1.78. The number of rotatable bonds is 2. The predicted octanol–water partition coefficient (Wildman–Crippen LogP) is 3.49. The molecule has 1 saturated heterocycles. The molecule has 0 bridgehead atoms. The van der Waals surface area contributed by atoms with Gasteiger partial charge < -0.3 is 9.80 Å². The molecule has 128 valence electrons. The van der Waals surface area contributed by atoms with Gasteiger partial charge in [-0.1, -0.05) is 29.8 Å². The summed E-state index contributed by atoms with van der Waals surface area (Å²) in [6.07, 6.45) is 0.290. The lowest BCUT2D eigenvalue weighted by Crippen LogP contribution is -2.40. The minimum atomic E-state index is -0.273. The van der Waals surface area contributed by atoms with Crippen molar-refractivity contribution in [2.75, 3.05) is 28.6 Å². The second kappa shape index (κ2) is 6.56. The number of aryl methyl sites for hydroxylation is 1. The predicted molar refractivity (Wildman–Crippen MR) is 101 cm³/mol. The van der Waals surface area contributed by atoms with E-state index in [2.05, 4.69) is 6.07 Å². The molecule has 0 aliphatic carbocycles. The van der Waals surface area contributed by atoms with E-state index in [-0.39, 0.29) is 17.7 Å². The van der Waals surface area contributed by atoms with Gasteiger partial charge in [0.05, 0.1) is 11.6 Å². The Hall–Kier alpha value is -2.27. The molecule has 0 saturated carbocycles. The van der Waals surface area contributed by atoms with Gasteiger partial charge in [0.25, 0.3) is 0 Å². The molecule has 2 amide bonds. The van der Waals surface area contributed by atoms with Crippen LogP contribution in [0.2, 0.25) is 0 Å². The number of hydrogen-bond acceptors (Lipinski definition) is 3. The van der Waals surface area contributed by atoms with Crippen LogP contribution in [0.1, 0.15) is 12.0 Å². The third-order valence-corrected chi connectivity index (χ3v) is 5.86. The van der Waals surface area contributed by atoms with Crippen molar-refractivity contribution >= 4 is 35.0 Å². The number of para-hydroxylation sites is 1. The topological polar surface area (TPSA) is 40.6 Å². The Morgan fingerprint density at radius 1 is 1.12 bits per heavy atom. The first-order valence-corrected chi connectivity index (χ1v) is 9.52. The van der Waals surface area contributed by atoms with Gasteiger partial charge in [-0.25, -0.2) is 0 Å². The lowest BCUT2D eigenvalue weighted by atomic mass is 10.1. The average Bonchev–Trinajstić information content (AvgIpc) is 3.03. The maximum Gasteiger partial charge on any atom is 0.232 e. The van der Waals surface area contributed by atoms with E-state index >= 15 is 0 Å². The minimum Gasteiger partial charge on any atom is -0.312 e. The molecular formula is C20H20N2O2S. The number of carbonyl (C=O) groups excluding carboxylic acids is 2. The highest BCUT2D eigenvalue weighted by molar-refractivity contribution is 7.99. The summed E-state index contributed by atoms with van der Waals surface area (Å²) in [5.41, 5.74) is 3.01. The molecular weight excluding hydrogens is 332 g/mol. The summed E-state index contributed by atoms with van der Waals surface area (Å²) in [5.74, 6) is 0.716. The largest absolute Gasteiger partial charge is 0.312 e. The fourth-order valence-electron chi connectivity index (χ4n) is 3.47. The standard InChI is InChI=1S/C20H20N2O2S/c1-14-6-8-16(9-7-14)22-13-15(12-19(22)23)20(24)21-10-11-25-18-5-3-2-4-17(18)21/h2-9,15H,10-13H2,1H3. The molecule has 0 N–H and O–H groups in total. The highest BCUT2D eigenvalue weighted by atomic mass is 32.2. The lowest BCUT2D eigenvalue weighted by Gasteiger charge is -2.30. The molecule has 0 aromatic heterocycles. The van der Waals surface area contributed by atoms with Crippen molar-refractivity contribution in [3.63, 3.8) is 0 Å². The first kappa shape index (κ1) is 16.2. The Balaban J connectivity index is 1.54. The van der Waals surface area contributed by atoms with Crippen LogP contribution < -0.4 is 9.80 Å². The second-order valence-corrected chi connectivity index (χ2v) is 7.68. The molecule has 2 aromatic rings. The quantitative estimate of drug-likeness (QED) is 0.831. The van der Waals surface area contributed by atoms with Gasteiger partial charge in [-0.3, -0.25) is 9.59 Å². The number of benzene rings is 2. The fourth-order valence-corrected chi connectivity index (χ4v) is 4.46. The van der Waals surface area contributed by atoms with E-state index in [0.717, 1.165) is 27.6 Å². The molecule has 1 atom stereocenters. The van der Waals surface area contributed by atoms with E-state index in [9.17, 15) is 9.59 Å². The average molecular weight is 352 g/mol. The number of fused-ring (bicyclic) bond motifs is 1. The van der Waals surface area contributed by atoms with Crippen LogP contribution in [-0.2, 0) is 9.59 Å². The zero-order valence-electron chi connectivity index (χ0n) is 14.1. The van der Waals surface area contributed by atoms with E-state index in [1.54, 1.807) is 16.7 Å². The van der Waals surface area contributed by atoms with Crippen molar-refractivity contribution in [1.82, 2.24) is 0 Å². The van der Waals surface area contributed by atoms with Crippen LogP contribution in [-0.4, -0.2) is 30.7 Å². The molecule has 2 heterocycles. The molecule has 0 spiro atoms.